The second-order valence-corrected chi connectivity index (χ2v) is 6.72. The first-order valence-electron chi connectivity index (χ1n) is 6.77. The third-order valence-corrected chi connectivity index (χ3v) is 4.99. The highest BCUT2D eigenvalue weighted by molar-refractivity contribution is 8.00. The number of benzene rings is 2. The molecule has 1 unspecified atom stereocenters. The van der Waals surface area contributed by atoms with Crippen LogP contribution in [0.2, 0.25) is 5.02 Å². The number of rotatable bonds is 4. The average Bonchev–Trinajstić information content (AvgIpc) is 2.46. The van der Waals surface area contributed by atoms with Crippen molar-refractivity contribution in [2.75, 3.05) is 5.32 Å². The van der Waals surface area contributed by atoms with Gasteiger partial charge in [-0.25, -0.2) is 0 Å². The van der Waals surface area contributed by atoms with E-state index in [9.17, 15) is 4.79 Å². The fraction of sp³-hybridized carbons (Fsp3) is 0.235. The molecule has 0 heterocycles. The van der Waals surface area contributed by atoms with E-state index >= 15 is 0 Å². The zero-order chi connectivity index (χ0) is 15.4. The number of anilines is 1. The molecule has 0 aromatic heterocycles. The fourth-order valence-corrected chi connectivity index (χ4v) is 3.06. The lowest BCUT2D eigenvalue weighted by Crippen LogP contribution is -2.23. The summed E-state index contributed by atoms with van der Waals surface area (Å²) < 4.78 is 0. The Labute approximate surface area is 134 Å². The van der Waals surface area contributed by atoms with E-state index in [1.54, 1.807) is 0 Å². The lowest BCUT2D eigenvalue weighted by Gasteiger charge is -2.15. The van der Waals surface area contributed by atoms with Crippen LogP contribution in [-0.2, 0) is 4.79 Å². The number of amides is 1. The Morgan fingerprint density at radius 1 is 1.14 bits per heavy atom. The second-order valence-electron chi connectivity index (χ2n) is 4.93. The molecule has 0 aliphatic heterocycles. The van der Waals surface area contributed by atoms with Crippen LogP contribution in [-0.4, -0.2) is 11.2 Å². The van der Waals surface area contributed by atoms with Gasteiger partial charge in [0.1, 0.15) is 0 Å². The standard InChI is InChI=1S/C17H18ClNOS/c1-11-7-6-9-15(12(11)2)19-17(20)13(3)21-16-10-5-4-8-14(16)18/h4-10,13H,1-3H3,(H,19,20). The molecule has 110 valence electrons. The molecule has 0 aliphatic rings. The average molecular weight is 320 g/mol. The lowest BCUT2D eigenvalue weighted by atomic mass is 10.1. The van der Waals surface area contributed by atoms with E-state index in [2.05, 4.69) is 5.32 Å². The van der Waals surface area contributed by atoms with Crippen molar-refractivity contribution in [1.82, 2.24) is 0 Å². The first-order chi connectivity index (χ1) is 9.99. The highest BCUT2D eigenvalue weighted by atomic mass is 35.5. The zero-order valence-corrected chi connectivity index (χ0v) is 13.9. The van der Waals surface area contributed by atoms with Crippen LogP contribution in [0.4, 0.5) is 5.69 Å². The number of halogens is 1. The molecule has 21 heavy (non-hydrogen) atoms. The van der Waals surface area contributed by atoms with Crippen LogP contribution in [0.15, 0.2) is 47.4 Å². The molecule has 2 aromatic carbocycles. The summed E-state index contributed by atoms with van der Waals surface area (Å²) in [5.41, 5.74) is 3.13. The molecule has 0 bridgehead atoms. The topological polar surface area (TPSA) is 29.1 Å². The van der Waals surface area contributed by atoms with Gasteiger partial charge in [0.2, 0.25) is 5.91 Å². The van der Waals surface area contributed by atoms with Gasteiger partial charge < -0.3 is 5.32 Å². The van der Waals surface area contributed by atoms with Crippen molar-refractivity contribution in [1.29, 1.82) is 0 Å². The van der Waals surface area contributed by atoms with Gasteiger partial charge >= 0.3 is 0 Å². The first-order valence-corrected chi connectivity index (χ1v) is 8.03. The van der Waals surface area contributed by atoms with Gasteiger partial charge in [-0.3, -0.25) is 4.79 Å². The zero-order valence-electron chi connectivity index (χ0n) is 12.3. The molecule has 0 radical (unpaired) electrons. The molecule has 0 saturated heterocycles. The maximum Gasteiger partial charge on any atom is 0.237 e. The van der Waals surface area contributed by atoms with E-state index < -0.39 is 0 Å². The molecule has 0 aliphatic carbocycles. The number of hydrogen-bond donors (Lipinski definition) is 1. The van der Waals surface area contributed by atoms with Gasteiger partial charge in [-0.05, 0) is 50.1 Å². The van der Waals surface area contributed by atoms with E-state index in [0.717, 1.165) is 16.1 Å². The third-order valence-electron chi connectivity index (χ3n) is 3.37. The van der Waals surface area contributed by atoms with Gasteiger partial charge in [0.15, 0.2) is 0 Å². The molecular weight excluding hydrogens is 302 g/mol. The minimum absolute atomic E-state index is 0.0198. The maximum atomic E-state index is 12.3. The fourth-order valence-electron chi connectivity index (χ4n) is 1.91. The van der Waals surface area contributed by atoms with Crippen LogP contribution in [0, 0.1) is 13.8 Å². The molecule has 2 nitrogen and oxygen atoms in total. The van der Waals surface area contributed by atoms with Crippen molar-refractivity contribution in [2.45, 2.75) is 30.9 Å². The number of thioether (sulfide) groups is 1. The summed E-state index contributed by atoms with van der Waals surface area (Å²) in [6.45, 7) is 5.93. The number of nitrogens with one attached hydrogen (secondary N) is 1. The van der Waals surface area contributed by atoms with Crippen molar-refractivity contribution in [2.24, 2.45) is 0 Å². The Morgan fingerprint density at radius 3 is 2.57 bits per heavy atom. The van der Waals surface area contributed by atoms with Crippen molar-refractivity contribution < 1.29 is 4.79 Å². The molecule has 1 N–H and O–H groups in total. The minimum atomic E-state index is -0.218. The van der Waals surface area contributed by atoms with Gasteiger partial charge in [0.25, 0.3) is 0 Å². The predicted molar refractivity (Wildman–Crippen MR) is 91.3 cm³/mol. The molecule has 2 aromatic rings. The third kappa shape index (κ3) is 4.02. The first kappa shape index (κ1) is 15.9. The molecular formula is C17H18ClNOS. The quantitative estimate of drug-likeness (QED) is 0.796. The highest BCUT2D eigenvalue weighted by Crippen LogP contribution is 2.30. The normalized spacial score (nSPS) is 12.0. The van der Waals surface area contributed by atoms with E-state index in [1.807, 2.05) is 63.2 Å². The summed E-state index contributed by atoms with van der Waals surface area (Å²) in [5.74, 6) is -0.0198. The molecule has 1 amide bonds. The summed E-state index contributed by atoms with van der Waals surface area (Å²) in [6, 6.07) is 13.5. The number of aryl methyl sites for hydroxylation is 1. The van der Waals surface area contributed by atoms with Crippen molar-refractivity contribution in [3.63, 3.8) is 0 Å². The number of hydrogen-bond acceptors (Lipinski definition) is 2. The number of carbonyl (C=O) groups is 1. The van der Waals surface area contributed by atoms with E-state index in [4.69, 9.17) is 11.6 Å². The summed E-state index contributed by atoms with van der Waals surface area (Å²) >= 11 is 7.59. The summed E-state index contributed by atoms with van der Waals surface area (Å²) in [5, 5.41) is 3.44. The van der Waals surface area contributed by atoms with Gasteiger partial charge in [0, 0.05) is 10.6 Å². The van der Waals surface area contributed by atoms with E-state index in [-0.39, 0.29) is 11.2 Å². The molecule has 0 saturated carbocycles. The van der Waals surface area contributed by atoms with E-state index in [1.165, 1.54) is 17.3 Å². The van der Waals surface area contributed by atoms with Gasteiger partial charge in [0.05, 0.1) is 10.3 Å². The summed E-state index contributed by atoms with van der Waals surface area (Å²) in [4.78, 5) is 13.2. The highest BCUT2D eigenvalue weighted by Gasteiger charge is 2.16. The van der Waals surface area contributed by atoms with Crippen LogP contribution >= 0.6 is 23.4 Å². The van der Waals surface area contributed by atoms with Gasteiger partial charge in [-0.2, -0.15) is 0 Å². The summed E-state index contributed by atoms with van der Waals surface area (Å²) in [7, 11) is 0. The Balaban J connectivity index is 2.06. The van der Waals surface area contributed by atoms with E-state index in [0.29, 0.717) is 5.02 Å². The molecule has 0 spiro atoms. The van der Waals surface area contributed by atoms with Crippen molar-refractivity contribution >= 4 is 35.0 Å². The van der Waals surface area contributed by atoms with Crippen LogP contribution in [0.25, 0.3) is 0 Å². The summed E-state index contributed by atoms with van der Waals surface area (Å²) in [6.07, 6.45) is 0. The SMILES string of the molecule is Cc1cccc(NC(=O)C(C)Sc2ccccc2Cl)c1C. The Bertz CT molecular complexity index is 657. The molecule has 4 heteroatoms. The lowest BCUT2D eigenvalue weighted by molar-refractivity contribution is -0.115. The molecule has 2 rings (SSSR count). The monoisotopic (exact) mass is 319 g/mol. The minimum Gasteiger partial charge on any atom is -0.325 e. The van der Waals surface area contributed by atoms with Crippen LogP contribution < -0.4 is 5.32 Å². The Morgan fingerprint density at radius 2 is 1.86 bits per heavy atom. The maximum absolute atomic E-state index is 12.3. The largest absolute Gasteiger partial charge is 0.325 e. The molecule has 1 atom stereocenters. The van der Waals surface area contributed by atoms with Gasteiger partial charge in [-0.15, -0.1) is 11.8 Å². The Kier molecular flexibility index (Phi) is 5.32. The van der Waals surface area contributed by atoms with Gasteiger partial charge in [-0.1, -0.05) is 35.9 Å². The Hall–Kier alpha value is -1.45. The van der Waals surface area contributed by atoms with Crippen molar-refractivity contribution in [3.8, 4) is 0 Å². The van der Waals surface area contributed by atoms with Crippen molar-refractivity contribution in [3.05, 3.63) is 58.6 Å². The smallest absolute Gasteiger partial charge is 0.237 e. The number of carbonyl (C=O) groups excluding carboxylic acids is 1. The predicted octanol–water partition coefficient (Wildman–Crippen LogP) is 5.08. The van der Waals surface area contributed by atoms with Crippen LogP contribution in [0.3, 0.4) is 0 Å². The van der Waals surface area contributed by atoms with Crippen LogP contribution in [0.5, 0.6) is 0 Å². The van der Waals surface area contributed by atoms with Crippen LogP contribution in [0.1, 0.15) is 18.1 Å². The molecule has 0 fully saturated rings. The second kappa shape index (κ2) is 7.01.